The van der Waals surface area contributed by atoms with Crippen molar-refractivity contribution in [2.75, 3.05) is 20.3 Å². The number of nitrogens with one attached hydrogen (secondary N) is 1. The fourth-order valence-corrected chi connectivity index (χ4v) is 1.74. The van der Waals surface area contributed by atoms with Crippen LogP contribution in [0.15, 0.2) is 12.1 Å². The van der Waals surface area contributed by atoms with Crippen molar-refractivity contribution < 1.29 is 14.3 Å². The lowest BCUT2D eigenvalue weighted by Gasteiger charge is -2.15. The summed E-state index contributed by atoms with van der Waals surface area (Å²) < 4.78 is 10.8. The quantitative estimate of drug-likeness (QED) is 0.821. The zero-order chi connectivity index (χ0) is 15.1. The molecular formula is C15H18ClNO3. The molecule has 1 rings (SSSR count). The van der Waals surface area contributed by atoms with Crippen molar-refractivity contribution in [3.63, 3.8) is 0 Å². The highest BCUT2D eigenvalue weighted by Crippen LogP contribution is 2.36. The van der Waals surface area contributed by atoms with Gasteiger partial charge in [-0.2, -0.15) is 0 Å². The minimum Gasteiger partial charge on any atom is -0.493 e. The second kappa shape index (κ2) is 7.66. The fourth-order valence-electron chi connectivity index (χ4n) is 1.47. The summed E-state index contributed by atoms with van der Waals surface area (Å²) in [5, 5.41) is 2.90. The second-order valence-corrected chi connectivity index (χ2v) is 4.99. The van der Waals surface area contributed by atoms with Crippen molar-refractivity contribution in [2.45, 2.75) is 13.8 Å². The van der Waals surface area contributed by atoms with Crippen LogP contribution >= 0.6 is 11.6 Å². The van der Waals surface area contributed by atoms with Crippen molar-refractivity contribution in [1.82, 2.24) is 5.32 Å². The molecule has 20 heavy (non-hydrogen) atoms. The van der Waals surface area contributed by atoms with E-state index < -0.39 is 0 Å². The standard InChI is InChI=1S/C15H18ClNO3/c1-5-6-17-15(18)11-7-12(16)14(13(8-11)19-4)20-9-10(2)3/h1,7-8,10H,6,9H2,2-4H3,(H,17,18). The number of carbonyl (C=O) groups excluding carboxylic acids is 1. The number of hydrogen-bond donors (Lipinski definition) is 1. The van der Waals surface area contributed by atoms with E-state index in [9.17, 15) is 4.79 Å². The first-order valence-corrected chi connectivity index (χ1v) is 6.59. The molecule has 0 heterocycles. The van der Waals surface area contributed by atoms with E-state index in [1.807, 2.05) is 13.8 Å². The molecule has 0 fully saturated rings. The molecule has 0 radical (unpaired) electrons. The van der Waals surface area contributed by atoms with Crippen molar-refractivity contribution in [1.29, 1.82) is 0 Å². The van der Waals surface area contributed by atoms with Crippen LogP contribution in [0.2, 0.25) is 5.02 Å². The van der Waals surface area contributed by atoms with Gasteiger partial charge in [-0.3, -0.25) is 4.79 Å². The average Bonchev–Trinajstić information content (AvgIpc) is 2.42. The average molecular weight is 296 g/mol. The van der Waals surface area contributed by atoms with Gasteiger partial charge in [0.2, 0.25) is 0 Å². The summed E-state index contributed by atoms with van der Waals surface area (Å²) in [6.45, 7) is 4.73. The number of rotatable bonds is 6. The summed E-state index contributed by atoms with van der Waals surface area (Å²) in [6.07, 6.45) is 5.10. The third-order valence-corrected chi connectivity index (χ3v) is 2.68. The van der Waals surface area contributed by atoms with Crippen LogP contribution < -0.4 is 14.8 Å². The SMILES string of the molecule is C#CCNC(=O)c1cc(Cl)c(OCC(C)C)c(OC)c1. The Balaban J connectivity index is 3.01. The molecule has 1 amide bonds. The third-order valence-electron chi connectivity index (χ3n) is 2.40. The number of benzene rings is 1. The molecule has 0 aromatic heterocycles. The number of methoxy groups -OCH3 is 1. The van der Waals surface area contributed by atoms with E-state index >= 15 is 0 Å². The van der Waals surface area contributed by atoms with Gasteiger partial charge in [-0.1, -0.05) is 31.4 Å². The molecule has 0 unspecified atom stereocenters. The van der Waals surface area contributed by atoms with Crippen LogP contribution in [0.5, 0.6) is 11.5 Å². The van der Waals surface area contributed by atoms with Gasteiger partial charge in [-0.15, -0.1) is 6.42 Å². The van der Waals surface area contributed by atoms with Crippen molar-refractivity contribution >= 4 is 17.5 Å². The fraction of sp³-hybridized carbons (Fsp3) is 0.400. The lowest BCUT2D eigenvalue weighted by atomic mass is 10.2. The molecule has 0 aliphatic heterocycles. The first kappa shape index (κ1) is 16.2. The van der Waals surface area contributed by atoms with Gasteiger partial charge in [-0.25, -0.2) is 0 Å². The van der Waals surface area contributed by atoms with Crippen molar-refractivity contribution in [3.05, 3.63) is 22.7 Å². The van der Waals surface area contributed by atoms with E-state index in [0.717, 1.165) is 0 Å². The maximum absolute atomic E-state index is 11.8. The zero-order valence-electron chi connectivity index (χ0n) is 11.8. The Morgan fingerprint density at radius 3 is 2.75 bits per heavy atom. The summed E-state index contributed by atoms with van der Waals surface area (Å²) in [6, 6.07) is 3.11. The molecule has 1 aromatic carbocycles. The molecule has 1 N–H and O–H groups in total. The van der Waals surface area contributed by atoms with Crippen LogP contribution in [0.3, 0.4) is 0 Å². The molecule has 4 nitrogen and oxygen atoms in total. The Morgan fingerprint density at radius 2 is 2.20 bits per heavy atom. The maximum atomic E-state index is 11.8. The normalized spacial score (nSPS) is 10.0. The zero-order valence-corrected chi connectivity index (χ0v) is 12.6. The van der Waals surface area contributed by atoms with Crippen molar-refractivity contribution in [3.8, 4) is 23.8 Å². The summed E-state index contributed by atoms with van der Waals surface area (Å²) in [4.78, 5) is 11.8. The number of hydrogen-bond acceptors (Lipinski definition) is 3. The Labute approximate surface area is 124 Å². The Hall–Kier alpha value is -1.86. The Morgan fingerprint density at radius 1 is 1.50 bits per heavy atom. The van der Waals surface area contributed by atoms with Gasteiger partial charge in [0.1, 0.15) is 0 Å². The summed E-state index contributed by atoms with van der Waals surface area (Å²) in [5.41, 5.74) is 0.374. The van der Waals surface area contributed by atoms with Crippen molar-refractivity contribution in [2.24, 2.45) is 5.92 Å². The van der Waals surface area contributed by atoms with Crippen LogP contribution in [0.1, 0.15) is 24.2 Å². The molecule has 108 valence electrons. The topological polar surface area (TPSA) is 47.6 Å². The lowest BCUT2D eigenvalue weighted by molar-refractivity contribution is 0.0958. The van der Waals surface area contributed by atoms with Crippen LogP contribution in [0.4, 0.5) is 0 Å². The third kappa shape index (κ3) is 4.36. The Bertz CT molecular complexity index is 521. The molecule has 0 spiro atoms. The minimum absolute atomic E-state index is 0.157. The number of terminal acetylenes is 1. The summed E-state index contributed by atoms with van der Waals surface area (Å²) in [5.74, 6) is 3.25. The van der Waals surface area contributed by atoms with Crippen LogP contribution in [0.25, 0.3) is 0 Å². The van der Waals surface area contributed by atoms with E-state index in [2.05, 4.69) is 11.2 Å². The minimum atomic E-state index is -0.307. The molecule has 5 heteroatoms. The van der Waals surface area contributed by atoms with Gasteiger partial charge in [0.25, 0.3) is 5.91 Å². The molecular weight excluding hydrogens is 278 g/mol. The monoisotopic (exact) mass is 295 g/mol. The molecule has 0 aliphatic carbocycles. The van der Waals surface area contributed by atoms with Crippen LogP contribution in [-0.2, 0) is 0 Å². The van der Waals surface area contributed by atoms with Gasteiger partial charge < -0.3 is 14.8 Å². The van der Waals surface area contributed by atoms with Gasteiger partial charge >= 0.3 is 0 Å². The largest absolute Gasteiger partial charge is 0.493 e. The summed E-state index contributed by atoms with van der Waals surface area (Å²) >= 11 is 6.15. The Kier molecular flexibility index (Phi) is 6.20. The first-order valence-electron chi connectivity index (χ1n) is 6.21. The van der Waals surface area contributed by atoms with E-state index in [1.165, 1.54) is 13.2 Å². The van der Waals surface area contributed by atoms with Crippen LogP contribution in [-0.4, -0.2) is 26.2 Å². The van der Waals surface area contributed by atoms with Gasteiger partial charge in [0, 0.05) is 5.56 Å². The second-order valence-electron chi connectivity index (χ2n) is 4.58. The van der Waals surface area contributed by atoms with E-state index in [1.54, 1.807) is 6.07 Å². The number of carbonyl (C=O) groups is 1. The predicted molar refractivity (Wildman–Crippen MR) is 79.5 cm³/mol. The lowest BCUT2D eigenvalue weighted by Crippen LogP contribution is -2.23. The van der Waals surface area contributed by atoms with E-state index in [0.29, 0.717) is 34.6 Å². The molecule has 0 bridgehead atoms. The smallest absolute Gasteiger partial charge is 0.252 e. The molecule has 0 aliphatic rings. The first-order chi connectivity index (χ1) is 9.49. The molecule has 0 saturated heterocycles. The van der Waals surface area contributed by atoms with Gasteiger partial charge in [0.05, 0.1) is 25.3 Å². The van der Waals surface area contributed by atoms with Crippen LogP contribution in [0, 0.1) is 18.3 Å². The molecule has 0 saturated carbocycles. The van der Waals surface area contributed by atoms with E-state index in [4.69, 9.17) is 27.5 Å². The molecule has 1 aromatic rings. The highest BCUT2D eigenvalue weighted by molar-refractivity contribution is 6.32. The van der Waals surface area contributed by atoms with Gasteiger partial charge in [-0.05, 0) is 18.1 Å². The maximum Gasteiger partial charge on any atom is 0.252 e. The number of amides is 1. The predicted octanol–water partition coefficient (Wildman–Crippen LogP) is 2.75. The highest BCUT2D eigenvalue weighted by Gasteiger charge is 2.16. The summed E-state index contributed by atoms with van der Waals surface area (Å²) in [7, 11) is 1.50. The molecule has 0 atom stereocenters. The van der Waals surface area contributed by atoms with Gasteiger partial charge in [0.15, 0.2) is 11.5 Å². The number of ether oxygens (including phenoxy) is 2. The highest BCUT2D eigenvalue weighted by atomic mass is 35.5. The number of halogens is 1. The van der Waals surface area contributed by atoms with E-state index in [-0.39, 0.29) is 12.5 Å².